The molecule has 0 saturated heterocycles. The first-order valence-electron chi connectivity index (χ1n) is 8.62. The van der Waals surface area contributed by atoms with Gasteiger partial charge in [-0.3, -0.25) is 4.79 Å². The van der Waals surface area contributed by atoms with Crippen molar-refractivity contribution in [3.63, 3.8) is 0 Å². The van der Waals surface area contributed by atoms with Crippen LogP contribution in [0.1, 0.15) is 21.6 Å². The number of hydrogen-bond acceptors (Lipinski definition) is 6. The zero-order valence-electron chi connectivity index (χ0n) is 15.5. The molecule has 1 amide bonds. The van der Waals surface area contributed by atoms with Crippen LogP contribution < -0.4 is 5.32 Å². The number of aromatic hydroxyl groups is 1. The van der Waals surface area contributed by atoms with Crippen LogP contribution in [0.3, 0.4) is 0 Å². The van der Waals surface area contributed by atoms with Gasteiger partial charge in [-0.25, -0.2) is 14.5 Å². The Hall–Kier alpha value is -3.68. The number of rotatable bonds is 6. The number of hydrogen-bond donors (Lipinski definition) is 2. The number of phenols is 1. The Balaban J connectivity index is 1.79. The minimum Gasteiger partial charge on any atom is -0.508 e. The summed E-state index contributed by atoms with van der Waals surface area (Å²) < 4.78 is 6.37. The van der Waals surface area contributed by atoms with E-state index in [2.05, 4.69) is 15.4 Å². The summed E-state index contributed by atoms with van der Waals surface area (Å²) in [7, 11) is 1.27. The lowest BCUT2D eigenvalue weighted by Crippen LogP contribution is -2.43. The van der Waals surface area contributed by atoms with Crippen LogP contribution in [0.4, 0.5) is 0 Å². The molecule has 0 aliphatic heterocycles. The van der Waals surface area contributed by atoms with Crippen molar-refractivity contribution >= 4 is 11.9 Å². The first-order chi connectivity index (χ1) is 13.5. The van der Waals surface area contributed by atoms with Crippen molar-refractivity contribution in [2.45, 2.75) is 19.4 Å². The van der Waals surface area contributed by atoms with E-state index in [0.717, 1.165) is 5.56 Å². The molecule has 0 aliphatic rings. The van der Waals surface area contributed by atoms with Crippen LogP contribution in [0.2, 0.25) is 0 Å². The SMILES string of the molecule is COC(=O)C(Cc1ccc(O)cc1)NC(=O)c1cnn(-c2ccccn2)c1C. The molecule has 0 radical (unpaired) electrons. The van der Waals surface area contributed by atoms with Crippen LogP contribution in [0.15, 0.2) is 54.9 Å². The molecule has 0 aliphatic carbocycles. The number of nitrogens with one attached hydrogen (secondary N) is 1. The summed E-state index contributed by atoms with van der Waals surface area (Å²) in [4.78, 5) is 29.1. The van der Waals surface area contributed by atoms with Crippen molar-refractivity contribution in [3.05, 3.63) is 71.7 Å². The highest BCUT2D eigenvalue weighted by Crippen LogP contribution is 2.14. The fourth-order valence-corrected chi connectivity index (χ4v) is 2.78. The van der Waals surface area contributed by atoms with Crippen molar-refractivity contribution in [3.8, 4) is 11.6 Å². The summed E-state index contributed by atoms with van der Waals surface area (Å²) in [6, 6.07) is 10.9. The third-order valence-corrected chi connectivity index (χ3v) is 4.29. The quantitative estimate of drug-likeness (QED) is 0.632. The molecule has 2 N–H and O–H groups in total. The number of benzene rings is 1. The molecule has 3 rings (SSSR count). The van der Waals surface area contributed by atoms with Gasteiger partial charge in [-0.1, -0.05) is 18.2 Å². The molecule has 28 heavy (non-hydrogen) atoms. The van der Waals surface area contributed by atoms with Gasteiger partial charge in [0.25, 0.3) is 5.91 Å². The molecule has 0 saturated carbocycles. The smallest absolute Gasteiger partial charge is 0.328 e. The van der Waals surface area contributed by atoms with Gasteiger partial charge in [0, 0.05) is 12.6 Å². The lowest BCUT2D eigenvalue weighted by molar-refractivity contribution is -0.142. The molecule has 2 aromatic heterocycles. The number of methoxy groups -OCH3 is 1. The highest BCUT2D eigenvalue weighted by atomic mass is 16.5. The maximum atomic E-state index is 12.8. The summed E-state index contributed by atoms with van der Waals surface area (Å²) in [6.07, 6.45) is 3.31. The summed E-state index contributed by atoms with van der Waals surface area (Å²) in [5.41, 5.74) is 1.71. The minimum absolute atomic E-state index is 0.125. The average Bonchev–Trinajstić information content (AvgIpc) is 3.10. The van der Waals surface area contributed by atoms with E-state index in [9.17, 15) is 14.7 Å². The Morgan fingerprint density at radius 2 is 1.96 bits per heavy atom. The van der Waals surface area contributed by atoms with Gasteiger partial charge in [-0.2, -0.15) is 5.10 Å². The van der Waals surface area contributed by atoms with Crippen molar-refractivity contribution in [2.75, 3.05) is 7.11 Å². The van der Waals surface area contributed by atoms with E-state index >= 15 is 0 Å². The minimum atomic E-state index is -0.875. The number of carbonyl (C=O) groups excluding carboxylic acids is 2. The molecule has 0 fully saturated rings. The van der Waals surface area contributed by atoms with E-state index < -0.39 is 17.9 Å². The predicted molar refractivity (Wildman–Crippen MR) is 101 cm³/mol. The Morgan fingerprint density at radius 3 is 2.61 bits per heavy atom. The van der Waals surface area contributed by atoms with Crippen LogP contribution in [0.5, 0.6) is 5.75 Å². The van der Waals surface area contributed by atoms with Gasteiger partial charge >= 0.3 is 5.97 Å². The molecule has 144 valence electrons. The van der Waals surface area contributed by atoms with E-state index in [-0.39, 0.29) is 12.2 Å². The zero-order valence-corrected chi connectivity index (χ0v) is 15.5. The van der Waals surface area contributed by atoms with Gasteiger partial charge in [0.15, 0.2) is 5.82 Å². The molecule has 0 bridgehead atoms. The fraction of sp³-hybridized carbons (Fsp3) is 0.200. The summed E-state index contributed by atoms with van der Waals surface area (Å²) in [5, 5.41) is 16.3. The summed E-state index contributed by atoms with van der Waals surface area (Å²) in [6.45, 7) is 1.75. The van der Waals surface area contributed by atoms with Crippen LogP contribution >= 0.6 is 0 Å². The van der Waals surface area contributed by atoms with E-state index in [1.165, 1.54) is 25.4 Å². The number of amides is 1. The third kappa shape index (κ3) is 4.17. The van der Waals surface area contributed by atoms with Crippen molar-refractivity contribution in [2.24, 2.45) is 0 Å². The number of carbonyl (C=O) groups is 2. The molecule has 1 unspecified atom stereocenters. The molecule has 1 atom stereocenters. The summed E-state index contributed by atoms with van der Waals surface area (Å²) in [5.74, 6) is -0.280. The molecule has 8 heteroatoms. The molecular formula is C20H20N4O4. The Morgan fingerprint density at radius 1 is 1.21 bits per heavy atom. The van der Waals surface area contributed by atoms with Gasteiger partial charge in [0.2, 0.25) is 0 Å². The topological polar surface area (TPSA) is 106 Å². The lowest BCUT2D eigenvalue weighted by atomic mass is 10.1. The maximum Gasteiger partial charge on any atom is 0.328 e. The van der Waals surface area contributed by atoms with E-state index in [0.29, 0.717) is 17.1 Å². The highest BCUT2D eigenvalue weighted by Gasteiger charge is 2.25. The molecule has 8 nitrogen and oxygen atoms in total. The largest absolute Gasteiger partial charge is 0.508 e. The number of esters is 1. The van der Waals surface area contributed by atoms with E-state index in [4.69, 9.17) is 4.74 Å². The Labute approximate surface area is 161 Å². The second-order valence-electron chi connectivity index (χ2n) is 6.16. The van der Waals surface area contributed by atoms with E-state index in [1.54, 1.807) is 42.1 Å². The van der Waals surface area contributed by atoms with Crippen LogP contribution in [0, 0.1) is 6.92 Å². The molecule has 3 aromatic rings. The van der Waals surface area contributed by atoms with Crippen molar-refractivity contribution in [1.82, 2.24) is 20.1 Å². The monoisotopic (exact) mass is 380 g/mol. The van der Waals surface area contributed by atoms with Crippen LogP contribution in [-0.4, -0.2) is 44.9 Å². The molecule has 0 spiro atoms. The number of pyridine rings is 1. The van der Waals surface area contributed by atoms with Gasteiger partial charge in [0.1, 0.15) is 11.8 Å². The fourth-order valence-electron chi connectivity index (χ4n) is 2.78. The van der Waals surface area contributed by atoms with Gasteiger partial charge in [0.05, 0.1) is 24.6 Å². The first kappa shape index (κ1) is 19.1. The normalized spacial score (nSPS) is 11.6. The van der Waals surface area contributed by atoms with Gasteiger partial charge in [-0.05, 0) is 36.8 Å². The van der Waals surface area contributed by atoms with Crippen LogP contribution in [-0.2, 0) is 16.0 Å². The standard InChI is InChI=1S/C20H20N4O4/c1-13-16(12-22-24(13)18-5-3-4-10-21-18)19(26)23-17(20(27)28-2)11-14-6-8-15(25)9-7-14/h3-10,12,17,25H,11H2,1-2H3,(H,23,26). The molecule has 1 aromatic carbocycles. The number of phenolic OH excluding ortho intramolecular Hbond substituents is 1. The number of ether oxygens (including phenoxy) is 1. The summed E-state index contributed by atoms with van der Waals surface area (Å²) >= 11 is 0. The Bertz CT molecular complexity index is 968. The lowest BCUT2D eigenvalue weighted by Gasteiger charge is -2.16. The first-order valence-corrected chi connectivity index (χ1v) is 8.62. The second-order valence-corrected chi connectivity index (χ2v) is 6.16. The highest BCUT2D eigenvalue weighted by molar-refractivity contribution is 5.97. The van der Waals surface area contributed by atoms with Crippen molar-refractivity contribution in [1.29, 1.82) is 0 Å². The second kappa shape index (κ2) is 8.34. The van der Waals surface area contributed by atoms with E-state index in [1.807, 2.05) is 6.07 Å². The predicted octanol–water partition coefficient (Wildman–Crippen LogP) is 1.80. The molecular weight excluding hydrogens is 360 g/mol. The number of nitrogens with zero attached hydrogens (tertiary/aromatic N) is 3. The van der Waals surface area contributed by atoms with Crippen LogP contribution in [0.25, 0.3) is 5.82 Å². The van der Waals surface area contributed by atoms with Gasteiger partial charge < -0.3 is 15.2 Å². The average molecular weight is 380 g/mol. The van der Waals surface area contributed by atoms with Crippen molar-refractivity contribution < 1.29 is 19.4 Å². The molecule has 2 heterocycles. The van der Waals surface area contributed by atoms with Gasteiger partial charge in [-0.15, -0.1) is 0 Å². The third-order valence-electron chi connectivity index (χ3n) is 4.29. The Kier molecular flexibility index (Phi) is 5.69. The number of aromatic nitrogens is 3. The maximum absolute atomic E-state index is 12.8. The zero-order chi connectivity index (χ0) is 20.1.